The monoisotopic (exact) mass is 464 g/mol. The zero-order chi connectivity index (χ0) is 24.3. The van der Waals surface area contributed by atoms with Gasteiger partial charge in [-0.2, -0.15) is 0 Å². The Bertz CT molecular complexity index is 662. The molecule has 0 saturated carbocycles. The summed E-state index contributed by atoms with van der Waals surface area (Å²) in [6, 6.07) is 0. The van der Waals surface area contributed by atoms with Gasteiger partial charge in [0.1, 0.15) is 0 Å². The fourth-order valence-corrected chi connectivity index (χ4v) is 3.89. The first-order chi connectivity index (χ1) is 16.0. The van der Waals surface area contributed by atoms with E-state index in [0.717, 1.165) is 44.1 Å². The van der Waals surface area contributed by atoms with Crippen LogP contribution < -0.4 is 0 Å². The Morgan fingerprint density at radius 1 is 0.727 bits per heavy atom. The van der Waals surface area contributed by atoms with Crippen molar-refractivity contribution < 1.29 is 28.6 Å². The molecule has 0 spiro atoms. The molecule has 0 aromatic carbocycles. The minimum atomic E-state index is -0.441. The van der Waals surface area contributed by atoms with Gasteiger partial charge in [-0.05, 0) is 24.5 Å². The summed E-state index contributed by atoms with van der Waals surface area (Å²) in [7, 11) is 1.32. The zero-order valence-corrected chi connectivity index (χ0v) is 21.0. The molecule has 1 aliphatic carbocycles. The molecule has 0 heterocycles. The van der Waals surface area contributed by atoms with Crippen molar-refractivity contribution in [3.05, 3.63) is 22.8 Å². The molecular formula is C27H44O6. The van der Waals surface area contributed by atoms with Crippen molar-refractivity contribution >= 4 is 17.9 Å². The van der Waals surface area contributed by atoms with Crippen molar-refractivity contribution in [3.63, 3.8) is 0 Å². The Hall–Kier alpha value is -2.11. The molecule has 0 radical (unpaired) electrons. The van der Waals surface area contributed by atoms with Gasteiger partial charge in [0.05, 0.1) is 33.2 Å². The zero-order valence-electron chi connectivity index (χ0n) is 21.0. The van der Waals surface area contributed by atoms with E-state index in [1.807, 2.05) is 0 Å². The van der Waals surface area contributed by atoms with Crippen molar-refractivity contribution in [1.29, 1.82) is 0 Å². The summed E-state index contributed by atoms with van der Waals surface area (Å²) < 4.78 is 15.6. The third-order valence-corrected chi connectivity index (χ3v) is 5.87. The molecule has 0 atom stereocenters. The number of carbonyl (C=O) groups is 3. The Labute approximate surface area is 200 Å². The second-order valence-electron chi connectivity index (χ2n) is 8.80. The standard InChI is InChI=1S/C27H44O6/c1-4-6-8-10-12-14-16-32-25(28)20-22-18-24(27(30)31-3)19-23(22)21-26(29)33-17-15-13-11-9-7-5-2/h18H,4-17,19-21H2,1-3H3. The van der Waals surface area contributed by atoms with Gasteiger partial charge in [0.2, 0.25) is 0 Å². The normalized spacial score (nSPS) is 13.1. The molecule has 0 saturated heterocycles. The lowest BCUT2D eigenvalue weighted by Crippen LogP contribution is -2.10. The van der Waals surface area contributed by atoms with Crippen molar-refractivity contribution in [3.8, 4) is 0 Å². The van der Waals surface area contributed by atoms with E-state index in [4.69, 9.17) is 14.2 Å². The molecule has 0 aliphatic heterocycles. The highest BCUT2D eigenvalue weighted by Crippen LogP contribution is 2.31. The predicted octanol–water partition coefficient (Wildman–Crippen LogP) is 6.37. The molecular weight excluding hydrogens is 420 g/mol. The van der Waals surface area contributed by atoms with E-state index in [1.165, 1.54) is 45.6 Å². The predicted molar refractivity (Wildman–Crippen MR) is 130 cm³/mol. The molecule has 0 N–H and O–H groups in total. The van der Waals surface area contributed by atoms with Crippen molar-refractivity contribution in [2.24, 2.45) is 0 Å². The summed E-state index contributed by atoms with van der Waals surface area (Å²) in [6.07, 6.45) is 15.6. The van der Waals surface area contributed by atoms with Crippen LogP contribution in [0.3, 0.4) is 0 Å². The largest absolute Gasteiger partial charge is 0.466 e. The van der Waals surface area contributed by atoms with Gasteiger partial charge >= 0.3 is 17.9 Å². The number of methoxy groups -OCH3 is 1. The molecule has 6 nitrogen and oxygen atoms in total. The van der Waals surface area contributed by atoms with Crippen LogP contribution in [0.15, 0.2) is 22.8 Å². The molecule has 0 unspecified atom stereocenters. The highest BCUT2D eigenvalue weighted by Gasteiger charge is 2.25. The first-order valence-electron chi connectivity index (χ1n) is 12.8. The molecule has 0 fully saturated rings. The lowest BCUT2D eigenvalue weighted by atomic mass is 10.0. The van der Waals surface area contributed by atoms with Gasteiger partial charge in [0, 0.05) is 12.0 Å². The molecule has 0 bridgehead atoms. The molecule has 0 aromatic rings. The number of esters is 3. The van der Waals surface area contributed by atoms with Crippen LogP contribution in [-0.2, 0) is 28.6 Å². The topological polar surface area (TPSA) is 78.9 Å². The average molecular weight is 465 g/mol. The number of unbranched alkanes of at least 4 members (excludes halogenated alkanes) is 10. The molecule has 33 heavy (non-hydrogen) atoms. The van der Waals surface area contributed by atoms with Crippen LogP contribution in [0.5, 0.6) is 0 Å². The van der Waals surface area contributed by atoms with Crippen molar-refractivity contribution in [2.75, 3.05) is 20.3 Å². The van der Waals surface area contributed by atoms with Gasteiger partial charge in [-0.1, -0.05) is 83.6 Å². The summed E-state index contributed by atoms with van der Waals surface area (Å²) in [5, 5.41) is 0. The Kier molecular flexibility index (Phi) is 16.1. The third-order valence-electron chi connectivity index (χ3n) is 5.87. The van der Waals surface area contributed by atoms with Crippen LogP contribution >= 0.6 is 0 Å². The third kappa shape index (κ3) is 13.2. The number of hydrogen-bond acceptors (Lipinski definition) is 6. The SMILES string of the molecule is CCCCCCCCOC(=O)CC1=C(CC(=O)OCCCCCCCC)CC(C(=O)OC)=C1. The number of allylic oxidation sites excluding steroid dienone is 1. The van der Waals surface area contributed by atoms with E-state index in [0.29, 0.717) is 30.8 Å². The summed E-state index contributed by atoms with van der Waals surface area (Å²) >= 11 is 0. The molecule has 188 valence electrons. The Morgan fingerprint density at radius 3 is 1.73 bits per heavy atom. The first kappa shape index (κ1) is 28.9. The molecule has 1 aliphatic rings. The van der Waals surface area contributed by atoms with Gasteiger partial charge in [-0.25, -0.2) is 4.79 Å². The van der Waals surface area contributed by atoms with Gasteiger partial charge in [0.15, 0.2) is 0 Å². The number of hydrogen-bond donors (Lipinski definition) is 0. The maximum absolute atomic E-state index is 12.3. The van der Waals surface area contributed by atoms with Gasteiger partial charge in [0.25, 0.3) is 0 Å². The van der Waals surface area contributed by atoms with E-state index in [1.54, 1.807) is 6.08 Å². The smallest absolute Gasteiger partial charge is 0.334 e. The van der Waals surface area contributed by atoms with E-state index >= 15 is 0 Å². The van der Waals surface area contributed by atoms with Gasteiger partial charge in [-0.15, -0.1) is 0 Å². The number of ether oxygens (including phenoxy) is 3. The lowest BCUT2D eigenvalue weighted by molar-refractivity contribution is -0.144. The summed E-state index contributed by atoms with van der Waals surface area (Å²) in [5.41, 5.74) is 1.86. The van der Waals surface area contributed by atoms with Crippen LogP contribution in [0, 0.1) is 0 Å². The van der Waals surface area contributed by atoms with E-state index in [2.05, 4.69) is 13.8 Å². The second kappa shape index (κ2) is 18.3. The fourth-order valence-electron chi connectivity index (χ4n) is 3.89. The molecule has 0 aromatic heterocycles. The van der Waals surface area contributed by atoms with Crippen LogP contribution in [0.1, 0.15) is 110 Å². The highest BCUT2D eigenvalue weighted by molar-refractivity contribution is 5.92. The number of carbonyl (C=O) groups excluding carboxylic acids is 3. The summed E-state index contributed by atoms with van der Waals surface area (Å²) in [4.78, 5) is 36.6. The second-order valence-corrected chi connectivity index (χ2v) is 8.80. The van der Waals surface area contributed by atoms with Crippen LogP contribution in [0.4, 0.5) is 0 Å². The summed E-state index contributed by atoms with van der Waals surface area (Å²) in [5.74, 6) is -1.10. The minimum Gasteiger partial charge on any atom is -0.466 e. The molecule has 0 amide bonds. The lowest BCUT2D eigenvalue weighted by Gasteiger charge is -2.09. The quantitative estimate of drug-likeness (QED) is 0.125. The van der Waals surface area contributed by atoms with Crippen LogP contribution in [-0.4, -0.2) is 38.2 Å². The fraction of sp³-hybridized carbons (Fsp3) is 0.741. The maximum Gasteiger partial charge on any atom is 0.334 e. The summed E-state index contributed by atoms with van der Waals surface area (Å²) in [6.45, 7) is 5.18. The van der Waals surface area contributed by atoms with E-state index in [9.17, 15) is 14.4 Å². The molecule has 1 rings (SSSR count). The maximum atomic E-state index is 12.3. The van der Waals surface area contributed by atoms with E-state index in [-0.39, 0.29) is 24.8 Å². The van der Waals surface area contributed by atoms with Crippen molar-refractivity contribution in [1.82, 2.24) is 0 Å². The van der Waals surface area contributed by atoms with Gasteiger partial charge in [-0.3, -0.25) is 9.59 Å². The Morgan fingerprint density at radius 2 is 1.21 bits per heavy atom. The average Bonchev–Trinajstić information content (AvgIpc) is 3.19. The van der Waals surface area contributed by atoms with Crippen LogP contribution in [0.25, 0.3) is 0 Å². The minimum absolute atomic E-state index is 0.0520. The number of rotatable bonds is 19. The first-order valence-corrected chi connectivity index (χ1v) is 12.8. The van der Waals surface area contributed by atoms with Crippen LogP contribution in [0.2, 0.25) is 0 Å². The Balaban J connectivity index is 2.46. The highest BCUT2D eigenvalue weighted by atomic mass is 16.5. The molecule has 6 heteroatoms. The van der Waals surface area contributed by atoms with E-state index < -0.39 is 5.97 Å². The van der Waals surface area contributed by atoms with Gasteiger partial charge < -0.3 is 14.2 Å². The van der Waals surface area contributed by atoms with Crippen molar-refractivity contribution in [2.45, 2.75) is 110 Å².